The first-order valence-electron chi connectivity index (χ1n) is 5.48. The lowest BCUT2D eigenvalue weighted by molar-refractivity contribution is 0.618. The maximum absolute atomic E-state index is 13.4. The highest BCUT2D eigenvalue weighted by atomic mass is 79.9. The summed E-state index contributed by atoms with van der Waals surface area (Å²) in [4.78, 5) is 0. The number of hydrogen-bond acceptors (Lipinski definition) is 2. The van der Waals surface area contributed by atoms with Crippen molar-refractivity contribution < 1.29 is 4.39 Å². The summed E-state index contributed by atoms with van der Waals surface area (Å²) in [5, 5.41) is 12.2. The molecule has 96 valence electrons. The summed E-state index contributed by atoms with van der Waals surface area (Å²) in [6, 6.07) is 12.4. The summed E-state index contributed by atoms with van der Waals surface area (Å²) in [6.45, 7) is 0.439. The predicted octanol–water partition coefficient (Wildman–Crippen LogP) is 4.83. The minimum Gasteiger partial charge on any atom is -0.380 e. The maximum Gasteiger partial charge on any atom is 0.137 e. The van der Waals surface area contributed by atoms with Crippen LogP contribution in [0.4, 0.5) is 10.1 Å². The molecule has 19 heavy (non-hydrogen) atoms. The van der Waals surface area contributed by atoms with Gasteiger partial charge in [0.05, 0.1) is 15.7 Å². The molecule has 0 spiro atoms. The van der Waals surface area contributed by atoms with E-state index in [0.29, 0.717) is 16.6 Å². The van der Waals surface area contributed by atoms with Crippen LogP contribution in [-0.4, -0.2) is 0 Å². The molecule has 2 rings (SSSR count). The zero-order valence-electron chi connectivity index (χ0n) is 9.75. The van der Waals surface area contributed by atoms with Crippen molar-refractivity contribution in [1.82, 2.24) is 0 Å². The minimum atomic E-state index is -0.296. The number of benzene rings is 2. The number of rotatable bonds is 3. The zero-order chi connectivity index (χ0) is 13.8. The van der Waals surface area contributed by atoms with Gasteiger partial charge in [0.25, 0.3) is 0 Å². The van der Waals surface area contributed by atoms with E-state index in [9.17, 15) is 4.39 Å². The normalized spacial score (nSPS) is 10.0. The molecule has 0 fully saturated rings. The first kappa shape index (κ1) is 14.0. The molecule has 0 atom stereocenters. The second kappa shape index (κ2) is 6.18. The van der Waals surface area contributed by atoms with E-state index < -0.39 is 0 Å². The average Bonchev–Trinajstić information content (AvgIpc) is 2.41. The highest BCUT2D eigenvalue weighted by Gasteiger charge is 2.06. The zero-order valence-corrected chi connectivity index (χ0v) is 12.9. The van der Waals surface area contributed by atoms with E-state index in [1.54, 1.807) is 12.1 Å². The molecule has 2 aromatic carbocycles. The summed E-state index contributed by atoms with van der Waals surface area (Å²) >= 11 is 6.53. The first-order valence-corrected chi connectivity index (χ1v) is 7.07. The Kier molecular flexibility index (Phi) is 4.56. The van der Waals surface area contributed by atoms with Crippen molar-refractivity contribution in [2.75, 3.05) is 5.32 Å². The molecule has 0 unspecified atom stereocenters. The van der Waals surface area contributed by atoms with Gasteiger partial charge in [0.1, 0.15) is 11.9 Å². The quantitative estimate of drug-likeness (QED) is 0.823. The van der Waals surface area contributed by atoms with E-state index in [4.69, 9.17) is 5.26 Å². The summed E-state index contributed by atoms with van der Waals surface area (Å²) in [6.07, 6.45) is 0. The summed E-state index contributed by atoms with van der Waals surface area (Å²) in [7, 11) is 0. The van der Waals surface area contributed by atoms with Gasteiger partial charge >= 0.3 is 0 Å². The SMILES string of the molecule is N#Cc1cc(Br)ccc1NCc1cccc(F)c1Br. The van der Waals surface area contributed by atoms with Crippen LogP contribution in [0, 0.1) is 17.1 Å². The predicted molar refractivity (Wildman–Crippen MR) is 80.3 cm³/mol. The van der Waals surface area contributed by atoms with Gasteiger partial charge in [-0.2, -0.15) is 5.26 Å². The van der Waals surface area contributed by atoms with Crippen LogP contribution in [0.3, 0.4) is 0 Å². The monoisotopic (exact) mass is 382 g/mol. The Hall–Kier alpha value is -1.38. The van der Waals surface area contributed by atoms with E-state index in [2.05, 4.69) is 43.2 Å². The Bertz CT molecular complexity index is 650. The lowest BCUT2D eigenvalue weighted by atomic mass is 10.1. The van der Waals surface area contributed by atoms with Gasteiger partial charge in [-0.05, 0) is 45.8 Å². The number of nitriles is 1. The summed E-state index contributed by atoms with van der Waals surface area (Å²) in [5.74, 6) is -0.296. The van der Waals surface area contributed by atoms with E-state index in [1.165, 1.54) is 6.07 Å². The molecule has 0 saturated heterocycles. The molecule has 1 N–H and O–H groups in total. The van der Waals surface area contributed by atoms with E-state index >= 15 is 0 Å². The smallest absolute Gasteiger partial charge is 0.137 e. The fourth-order valence-electron chi connectivity index (χ4n) is 1.64. The molecule has 0 heterocycles. The highest BCUT2D eigenvalue weighted by molar-refractivity contribution is 9.10. The molecule has 2 aromatic rings. The van der Waals surface area contributed by atoms with E-state index in [1.807, 2.05) is 18.2 Å². The van der Waals surface area contributed by atoms with Gasteiger partial charge in [-0.3, -0.25) is 0 Å². The summed E-state index contributed by atoms with van der Waals surface area (Å²) in [5.41, 5.74) is 2.07. The number of halogens is 3. The molecule has 0 radical (unpaired) electrons. The summed E-state index contributed by atoms with van der Waals surface area (Å²) < 4.78 is 14.7. The fourth-order valence-corrected chi connectivity index (χ4v) is 2.40. The van der Waals surface area contributed by atoms with Crippen molar-refractivity contribution in [1.29, 1.82) is 5.26 Å². The standard InChI is InChI=1S/C14H9Br2FN2/c15-11-4-5-13(10(6-11)7-18)19-8-9-2-1-3-12(17)14(9)16/h1-6,19H,8H2. The Morgan fingerprint density at radius 1 is 1.21 bits per heavy atom. The second-order valence-corrected chi connectivity index (χ2v) is 5.58. The van der Waals surface area contributed by atoms with Crippen LogP contribution in [0.2, 0.25) is 0 Å². The average molecular weight is 384 g/mol. The molecule has 0 aliphatic rings. The molecule has 0 aliphatic carbocycles. The van der Waals surface area contributed by atoms with Gasteiger partial charge in [-0.1, -0.05) is 28.1 Å². The number of anilines is 1. The van der Waals surface area contributed by atoms with Crippen molar-refractivity contribution in [3.05, 3.63) is 62.3 Å². The molecule has 0 aliphatic heterocycles. The Balaban J connectivity index is 2.20. The van der Waals surface area contributed by atoms with E-state index in [-0.39, 0.29) is 5.82 Å². The van der Waals surface area contributed by atoms with Crippen LogP contribution in [-0.2, 0) is 6.54 Å². The van der Waals surface area contributed by atoms with Gasteiger partial charge in [-0.15, -0.1) is 0 Å². The van der Waals surface area contributed by atoms with Gasteiger partial charge in [0, 0.05) is 11.0 Å². The van der Waals surface area contributed by atoms with Crippen molar-refractivity contribution in [2.24, 2.45) is 0 Å². The third kappa shape index (κ3) is 3.34. The van der Waals surface area contributed by atoms with Crippen molar-refractivity contribution >= 4 is 37.5 Å². The van der Waals surface area contributed by atoms with Gasteiger partial charge < -0.3 is 5.32 Å². The number of nitrogens with one attached hydrogen (secondary N) is 1. The van der Waals surface area contributed by atoms with Crippen LogP contribution in [0.1, 0.15) is 11.1 Å². The lowest BCUT2D eigenvalue weighted by Gasteiger charge is -2.10. The lowest BCUT2D eigenvalue weighted by Crippen LogP contribution is -2.02. The second-order valence-electron chi connectivity index (χ2n) is 3.87. The third-order valence-electron chi connectivity index (χ3n) is 2.60. The third-order valence-corrected chi connectivity index (χ3v) is 3.98. The highest BCUT2D eigenvalue weighted by Crippen LogP contribution is 2.24. The Morgan fingerprint density at radius 3 is 2.74 bits per heavy atom. The van der Waals surface area contributed by atoms with Crippen LogP contribution in [0.15, 0.2) is 45.3 Å². The maximum atomic E-state index is 13.4. The van der Waals surface area contributed by atoms with E-state index in [0.717, 1.165) is 15.7 Å². The van der Waals surface area contributed by atoms with Crippen LogP contribution in [0.5, 0.6) is 0 Å². The molecule has 5 heteroatoms. The van der Waals surface area contributed by atoms with Crippen molar-refractivity contribution in [3.8, 4) is 6.07 Å². The molecular formula is C14H9Br2FN2. The van der Waals surface area contributed by atoms with Gasteiger partial charge in [-0.25, -0.2) is 4.39 Å². The molecule has 0 bridgehead atoms. The number of hydrogen-bond donors (Lipinski definition) is 1. The Labute approximate surface area is 127 Å². The minimum absolute atomic E-state index is 0.296. The molecule has 0 saturated carbocycles. The Morgan fingerprint density at radius 2 is 2.00 bits per heavy atom. The van der Waals surface area contributed by atoms with Crippen LogP contribution < -0.4 is 5.32 Å². The van der Waals surface area contributed by atoms with Crippen LogP contribution in [0.25, 0.3) is 0 Å². The van der Waals surface area contributed by atoms with Crippen LogP contribution >= 0.6 is 31.9 Å². The fraction of sp³-hybridized carbons (Fsp3) is 0.0714. The first-order chi connectivity index (χ1) is 9.11. The van der Waals surface area contributed by atoms with Gasteiger partial charge in [0.2, 0.25) is 0 Å². The topological polar surface area (TPSA) is 35.8 Å². The number of nitrogens with zero attached hydrogens (tertiary/aromatic N) is 1. The van der Waals surface area contributed by atoms with Crippen molar-refractivity contribution in [3.63, 3.8) is 0 Å². The van der Waals surface area contributed by atoms with Gasteiger partial charge in [0.15, 0.2) is 0 Å². The van der Waals surface area contributed by atoms with Crippen molar-refractivity contribution in [2.45, 2.75) is 6.54 Å². The molecular weight excluding hydrogens is 375 g/mol. The largest absolute Gasteiger partial charge is 0.380 e. The molecule has 2 nitrogen and oxygen atoms in total. The molecule has 0 amide bonds. The molecule has 0 aromatic heterocycles.